The van der Waals surface area contributed by atoms with E-state index in [2.05, 4.69) is 4.99 Å². The summed E-state index contributed by atoms with van der Waals surface area (Å²) in [5.41, 5.74) is 2.54. The Kier molecular flexibility index (Phi) is 2.45. The molecule has 0 aliphatic heterocycles. The fourth-order valence-corrected chi connectivity index (χ4v) is 1.99. The lowest BCUT2D eigenvalue weighted by Gasteiger charge is -1.92. The van der Waals surface area contributed by atoms with Crippen molar-refractivity contribution in [1.29, 1.82) is 0 Å². The second-order valence-corrected chi connectivity index (χ2v) is 4.13. The molecular weight excluding hydrogens is 226 g/mol. The maximum Gasteiger partial charge on any atom is 0.242 e. The van der Waals surface area contributed by atoms with Crippen LogP contribution in [0.25, 0.3) is 21.9 Å². The number of fused-ring (bicyclic) bond motifs is 3. The molecule has 18 heavy (non-hydrogen) atoms. The van der Waals surface area contributed by atoms with Crippen LogP contribution >= 0.6 is 0 Å². The molecule has 3 heteroatoms. The van der Waals surface area contributed by atoms with E-state index in [0.717, 1.165) is 27.5 Å². The molecule has 0 aliphatic carbocycles. The highest BCUT2D eigenvalue weighted by molar-refractivity contribution is 6.06. The first-order valence-corrected chi connectivity index (χ1v) is 5.70. The molecule has 88 valence electrons. The van der Waals surface area contributed by atoms with Gasteiger partial charge in [-0.3, -0.25) is 4.79 Å². The van der Waals surface area contributed by atoms with Gasteiger partial charge in [0.2, 0.25) is 5.91 Å². The van der Waals surface area contributed by atoms with E-state index in [1.165, 1.54) is 6.92 Å². The van der Waals surface area contributed by atoms with Crippen LogP contribution in [0.3, 0.4) is 0 Å². The minimum Gasteiger partial charge on any atom is -0.456 e. The number of nitrogens with zero attached hydrogens (tertiary/aromatic N) is 1. The van der Waals surface area contributed by atoms with E-state index in [4.69, 9.17) is 4.42 Å². The summed E-state index contributed by atoms with van der Waals surface area (Å²) in [6.45, 7) is 1.43. The van der Waals surface area contributed by atoms with E-state index in [1.807, 2.05) is 42.5 Å². The number of benzene rings is 2. The molecule has 1 heterocycles. The number of hydrogen-bond donors (Lipinski definition) is 0. The number of rotatable bonds is 1. The van der Waals surface area contributed by atoms with Gasteiger partial charge in [0.25, 0.3) is 0 Å². The third kappa shape index (κ3) is 1.80. The van der Waals surface area contributed by atoms with E-state index in [-0.39, 0.29) is 5.91 Å². The van der Waals surface area contributed by atoms with Crippen LogP contribution in [0.1, 0.15) is 12.5 Å². The van der Waals surface area contributed by atoms with Crippen molar-refractivity contribution in [3.8, 4) is 0 Å². The quantitative estimate of drug-likeness (QED) is 0.607. The first-order valence-electron chi connectivity index (χ1n) is 5.70. The van der Waals surface area contributed by atoms with Gasteiger partial charge in [0, 0.05) is 23.9 Å². The molecule has 0 saturated carbocycles. The standard InChI is InChI=1S/C15H11NO2/c1-10(17)16-9-11-6-7-13-12-4-2-3-5-14(12)18-15(13)8-11/h2-9H,1H3/b16-9+. The highest BCUT2D eigenvalue weighted by atomic mass is 16.3. The molecule has 3 nitrogen and oxygen atoms in total. The Morgan fingerprint density at radius 3 is 2.72 bits per heavy atom. The molecule has 3 aromatic rings. The van der Waals surface area contributed by atoms with Crippen LogP contribution in [-0.4, -0.2) is 12.1 Å². The molecule has 0 spiro atoms. The molecule has 0 bridgehead atoms. The van der Waals surface area contributed by atoms with Gasteiger partial charge in [-0.05, 0) is 23.8 Å². The van der Waals surface area contributed by atoms with Crippen molar-refractivity contribution < 1.29 is 9.21 Å². The Labute approximate surface area is 104 Å². The average molecular weight is 237 g/mol. The van der Waals surface area contributed by atoms with Gasteiger partial charge in [0.15, 0.2) is 0 Å². The zero-order valence-electron chi connectivity index (χ0n) is 9.88. The van der Waals surface area contributed by atoms with Crippen molar-refractivity contribution in [3.05, 3.63) is 48.0 Å². The average Bonchev–Trinajstić information content (AvgIpc) is 2.73. The second-order valence-electron chi connectivity index (χ2n) is 4.13. The van der Waals surface area contributed by atoms with Crippen LogP contribution in [0.5, 0.6) is 0 Å². The van der Waals surface area contributed by atoms with Crippen LogP contribution in [-0.2, 0) is 4.79 Å². The first-order chi connectivity index (χ1) is 8.74. The van der Waals surface area contributed by atoms with Crippen LogP contribution in [0, 0.1) is 0 Å². The van der Waals surface area contributed by atoms with Crippen LogP contribution in [0.4, 0.5) is 0 Å². The molecule has 2 aromatic carbocycles. The molecule has 0 fully saturated rings. The molecule has 0 atom stereocenters. The highest BCUT2D eigenvalue weighted by Crippen LogP contribution is 2.28. The fourth-order valence-electron chi connectivity index (χ4n) is 1.99. The van der Waals surface area contributed by atoms with Crippen molar-refractivity contribution in [3.63, 3.8) is 0 Å². The minimum atomic E-state index is -0.209. The number of aliphatic imine (C=N–C) groups is 1. The van der Waals surface area contributed by atoms with Gasteiger partial charge in [0.1, 0.15) is 11.2 Å². The Balaban J connectivity index is 2.18. The van der Waals surface area contributed by atoms with E-state index < -0.39 is 0 Å². The molecule has 0 saturated heterocycles. The molecule has 1 aromatic heterocycles. The number of carbonyl (C=O) groups excluding carboxylic acids is 1. The summed E-state index contributed by atoms with van der Waals surface area (Å²) in [6.07, 6.45) is 1.55. The molecule has 0 aliphatic rings. The number of carbonyl (C=O) groups is 1. The van der Waals surface area contributed by atoms with Crippen LogP contribution in [0.15, 0.2) is 51.9 Å². The predicted molar refractivity (Wildman–Crippen MR) is 72.0 cm³/mol. The minimum absolute atomic E-state index is 0.209. The smallest absolute Gasteiger partial charge is 0.242 e. The zero-order chi connectivity index (χ0) is 12.5. The number of amides is 1. The lowest BCUT2D eigenvalue weighted by molar-refractivity contribution is -0.115. The second kappa shape index (κ2) is 4.11. The first kappa shape index (κ1) is 10.7. The van der Waals surface area contributed by atoms with E-state index in [0.29, 0.717) is 0 Å². The van der Waals surface area contributed by atoms with Crippen molar-refractivity contribution in [2.75, 3.05) is 0 Å². The van der Waals surface area contributed by atoms with Crippen molar-refractivity contribution in [2.24, 2.45) is 4.99 Å². The fraction of sp³-hybridized carbons (Fsp3) is 0.0667. The van der Waals surface area contributed by atoms with Gasteiger partial charge in [0.05, 0.1) is 0 Å². The summed E-state index contributed by atoms with van der Waals surface area (Å²) < 4.78 is 5.75. The molecule has 0 radical (unpaired) electrons. The Morgan fingerprint density at radius 1 is 1.11 bits per heavy atom. The number of hydrogen-bond acceptors (Lipinski definition) is 2. The summed E-state index contributed by atoms with van der Waals surface area (Å²) >= 11 is 0. The van der Waals surface area contributed by atoms with Crippen molar-refractivity contribution in [2.45, 2.75) is 6.92 Å². The topological polar surface area (TPSA) is 42.6 Å². The molecular formula is C15H11NO2. The third-order valence-corrected chi connectivity index (χ3v) is 2.80. The van der Waals surface area contributed by atoms with Crippen LogP contribution in [0.2, 0.25) is 0 Å². The molecule has 1 amide bonds. The maximum atomic E-state index is 10.8. The normalized spacial score (nSPS) is 11.6. The molecule has 0 N–H and O–H groups in total. The van der Waals surface area contributed by atoms with Gasteiger partial charge < -0.3 is 4.42 Å². The van der Waals surface area contributed by atoms with E-state index in [1.54, 1.807) is 6.21 Å². The third-order valence-electron chi connectivity index (χ3n) is 2.80. The van der Waals surface area contributed by atoms with Crippen molar-refractivity contribution >= 4 is 34.1 Å². The monoisotopic (exact) mass is 237 g/mol. The molecule has 3 rings (SSSR count). The van der Waals surface area contributed by atoms with Crippen molar-refractivity contribution in [1.82, 2.24) is 0 Å². The lowest BCUT2D eigenvalue weighted by Crippen LogP contribution is -1.86. The summed E-state index contributed by atoms with van der Waals surface area (Å²) in [5.74, 6) is -0.209. The SMILES string of the molecule is CC(=O)/N=C/c1ccc2c(c1)oc1ccccc12. The summed E-state index contributed by atoms with van der Waals surface area (Å²) in [7, 11) is 0. The summed E-state index contributed by atoms with van der Waals surface area (Å²) in [4.78, 5) is 14.6. The highest BCUT2D eigenvalue weighted by Gasteiger charge is 2.05. The Morgan fingerprint density at radius 2 is 1.89 bits per heavy atom. The maximum absolute atomic E-state index is 10.8. The number of furan rings is 1. The lowest BCUT2D eigenvalue weighted by atomic mass is 10.1. The van der Waals surface area contributed by atoms with E-state index in [9.17, 15) is 4.79 Å². The zero-order valence-corrected chi connectivity index (χ0v) is 9.88. The molecule has 0 unspecified atom stereocenters. The van der Waals surface area contributed by atoms with Gasteiger partial charge >= 0.3 is 0 Å². The van der Waals surface area contributed by atoms with Gasteiger partial charge in [-0.15, -0.1) is 0 Å². The van der Waals surface area contributed by atoms with E-state index >= 15 is 0 Å². The van der Waals surface area contributed by atoms with Gasteiger partial charge in [-0.25, -0.2) is 4.99 Å². The Hall–Kier alpha value is -2.42. The summed E-state index contributed by atoms with van der Waals surface area (Å²) in [5, 5.41) is 2.17. The van der Waals surface area contributed by atoms with Gasteiger partial charge in [-0.2, -0.15) is 0 Å². The van der Waals surface area contributed by atoms with Crippen LogP contribution < -0.4 is 0 Å². The summed E-state index contributed by atoms with van der Waals surface area (Å²) in [6, 6.07) is 13.7. The van der Waals surface area contributed by atoms with Gasteiger partial charge in [-0.1, -0.05) is 24.3 Å². The Bertz CT molecular complexity index is 768. The predicted octanol–water partition coefficient (Wildman–Crippen LogP) is 3.55. The number of para-hydroxylation sites is 1. The largest absolute Gasteiger partial charge is 0.456 e.